The molecule has 128 valence electrons. The average molecular weight is 309 g/mol. The fraction of sp³-hybridized carbons (Fsp3) is 0.900. The van der Waals surface area contributed by atoms with Crippen molar-refractivity contribution in [1.82, 2.24) is 0 Å². The zero-order valence-electron chi connectivity index (χ0n) is 14.5. The summed E-state index contributed by atoms with van der Waals surface area (Å²) in [5.41, 5.74) is 0. The third-order valence-corrected chi connectivity index (χ3v) is 4.82. The second-order valence-electron chi connectivity index (χ2n) is 7.03. The van der Waals surface area contributed by atoms with Crippen LogP contribution < -0.4 is 0 Å². The van der Waals surface area contributed by atoms with Gasteiger partial charge in [-0.3, -0.25) is 9.59 Å². The van der Waals surface area contributed by atoms with Crippen molar-refractivity contribution in [3.8, 4) is 0 Å². The third-order valence-electron chi connectivity index (χ3n) is 4.82. The van der Waals surface area contributed by atoms with Crippen LogP contribution in [0.3, 0.4) is 0 Å². The lowest BCUT2D eigenvalue weighted by Crippen LogP contribution is -1.99. The Morgan fingerprint density at radius 3 is 0.727 bits per heavy atom. The lowest BCUT2D eigenvalue weighted by Gasteiger charge is -2.05. The van der Waals surface area contributed by atoms with Crippen molar-refractivity contribution >= 4 is 11.6 Å². The Morgan fingerprint density at radius 2 is 0.500 bits per heavy atom. The number of hydrogen-bond donors (Lipinski definition) is 0. The molecule has 0 spiro atoms. The highest BCUT2D eigenvalue weighted by atomic mass is 16.1. The largest absolute Gasteiger partial charge is 0.300 e. The van der Waals surface area contributed by atoms with E-state index >= 15 is 0 Å². The Morgan fingerprint density at radius 1 is 0.318 bits per heavy atom. The maximum absolute atomic E-state index is 11.8. The first-order valence-corrected chi connectivity index (χ1v) is 9.82. The standard InChI is InChI=1S/C20H36O2/c21-19-15-11-7-3-1-2-4-8-12-16-20(22)18-14-10-6-5-9-13-17-19/h1-18H2. The molecule has 1 saturated carbocycles. The SMILES string of the molecule is O=C1CCCCCCCCCCC(=O)CCCCCCCC1. The number of hydrogen-bond acceptors (Lipinski definition) is 2. The van der Waals surface area contributed by atoms with E-state index in [2.05, 4.69) is 0 Å². The van der Waals surface area contributed by atoms with E-state index in [4.69, 9.17) is 0 Å². The predicted molar refractivity (Wildman–Crippen MR) is 93.1 cm³/mol. The summed E-state index contributed by atoms with van der Waals surface area (Å²) >= 11 is 0. The van der Waals surface area contributed by atoms with E-state index in [1.54, 1.807) is 0 Å². The molecule has 2 heteroatoms. The lowest BCUT2D eigenvalue weighted by atomic mass is 10.0. The van der Waals surface area contributed by atoms with Crippen LogP contribution in [0.4, 0.5) is 0 Å². The normalized spacial score (nSPS) is 23.1. The molecule has 0 saturated heterocycles. The number of rotatable bonds is 0. The molecule has 0 heterocycles. The van der Waals surface area contributed by atoms with Crippen molar-refractivity contribution in [3.63, 3.8) is 0 Å². The first kappa shape index (κ1) is 19.4. The summed E-state index contributed by atoms with van der Waals surface area (Å²) in [4.78, 5) is 23.5. The Labute approximate surface area is 137 Å². The van der Waals surface area contributed by atoms with Gasteiger partial charge in [0, 0.05) is 25.7 Å². The maximum Gasteiger partial charge on any atom is 0.132 e. The summed E-state index contributed by atoms with van der Waals surface area (Å²) in [6.45, 7) is 0. The van der Waals surface area contributed by atoms with Crippen molar-refractivity contribution in [3.05, 3.63) is 0 Å². The van der Waals surface area contributed by atoms with Crippen molar-refractivity contribution in [1.29, 1.82) is 0 Å². The summed E-state index contributed by atoms with van der Waals surface area (Å²) < 4.78 is 0. The molecule has 1 fully saturated rings. The molecular formula is C20H36O2. The molecule has 0 aliphatic heterocycles. The highest BCUT2D eigenvalue weighted by Crippen LogP contribution is 2.14. The van der Waals surface area contributed by atoms with E-state index < -0.39 is 0 Å². The number of carbonyl (C=O) groups is 2. The van der Waals surface area contributed by atoms with Crippen LogP contribution in [-0.4, -0.2) is 11.6 Å². The quantitative estimate of drug-likeness (QED) is 0.537. The predicted octanol–water partition coefficient (Wildman–Crippen LogP) is 6.16. The van der Waals surface area contributed by atoms with Gasteiger partial charge in [-0.1, -0.05) is 64.2 Å². The topological polar surface area (TPSA) is 34.1 Å². The molecule has 0 N–H and O–H groups in total. The van der Waals surface area contributed by atoms with E-state index in [0.29, 0.717) is 11.6 Å². The summed E-state index contributed by atoms with van der Waals surface area (Å²) in [7, 11) is 0. The van der Waals surface area contributed by atoms with Gasteiger partial charge < -0.3 is 0 Å². The zero-order chi connectivity index (χ0) is 15.9. The van der Waals surface area contributed by atoms with Crippen LogP contribution in [0, 0.1) is 0 Å². The second-order valence-corrected chi connectivity index (χ2v) is 7.03. The molecule has 22 heavy (non-hydrogen) atoms. The Kier molecular flexibility index (Phi) is 12.3. The Bertz CT molecular complexity index is 266. The minimum Gasteiger partial charge on any atom is -0.300 e. The van der Waals surface area contributed by atoms with Gasteiger partial charge in [-0.05, 0) is 25.7 Å². The molecule has 0 bridgehead atoms. The molecule has 0 aromatic rings. The molecule has 0 unspecified atom stereocenters. The molecule has 0 amide bonds. The van der Waals surface area contributed by atoms with Crippen molar-refractivity contribution in [2.45, 2.75) is 116 Å². The fourth-order valence-electron chi connectivity index (χ4n) is 3.31. The van der Waals surface area contributed by atoms with Crippen LogP contribution in [0.2, 0.25) is 0 Å². The van der Waals surface area contributed by atoms with Crippen LogP contribution in [0.1, 0.15) is 116 Å². The van der Waals surface area contributed by atoms with Crippen LogP contribution >= 0.6 is 0 Å². The monoisotopic (exact) mass is 308 g/mol. The van der Waals surface area contributed by atoms with E-state index in [1.807, 2.05) is 0 Å². The summed E-state index contributed by atoms with van der Waals surface area (Å²) in [5.74, 6) is 0.944. The van der Waals surface area contributed by atoms with Crippen LogP contribution in [0.25, 0.3) is 0 Å². The minimum atomic E-state index is 0.472. The van der Waals surface area contributed by atoms with Gasteiger partial charge in [0.05, 0.1) is 0 Å². The van der Waals surface area contributed by atoms with E-state index in [1.165, 1.54) is 64.2 Å². The van der Waals surface area contributed by atoms with Gasteiger partial charge in [0.2, 0.25) is 0 Å². The van der Waals surface area contributed by atoms with E-state index in [0.717, 1.165) is 51.4 Å². The second kappa shape index (κ2) is 14.0. The highest BCUT2D eigenvalue weighted by molar-refractivity contribution is 5.78. The van der Waals surface area contributed by atoms with Gasteiger partial charge in [-0.2, -0.15) is 0 Å². The van der Waals surface area contributed by atoms with Crippen LogP contribution in [0.15, 0.2) is 0 Å². The third kappa shape index (κ3) is 11.9. The summed E-state index contributed by atoms with van der Waals surface area (Å²) in [6, 6.07) is 0. The van der Waals surface area contributed by atoms with Crippen molar-refractivity contribution in [2.75, 3.05) is 0 Å². The van der Waals surface area contributed by atoms with Crippen molar-refractivity contribution in [2.24, 2.45) is 0 Å². The highest BCUT2D eigenvalue weighted by Gasteiger charge is 2.04. The first-order valence-electron chi connectivity index (χ1n) is 9.82. The van der Waals surface area contributed by atoms with Gasteiger partial charge in [0.15, 0.2) is 0 Å². The first-order chi connectivity index (χ1) is 10.8. The average Bonchev–Trinajstić information content (AvgIpc) is 2.50. The maximum atomic E-state index is 11.8. The van der Waals surface area contributed by atoms with Gasteiger partial charge in [0.1, 0.15) is 11.6 Å². The zero-order valence-corrected chi connectivity index (χ0v) is 14.5. The van der Waals surface area contributed by atoms with Crippen LogP contribution in [0.5, 0.6) is 0 Å². The summed E-state index contributed by atoms with van der Waals surface area (Å²) in [5, 5.41) is 0. The molecular weight excluding hydrogens is 272 g/mol. The molecule has 2 nitrogen and oxygen atoms in total. The molecule has 0 atom stereocenters. The number of Topliss-reactive ketones (excluding diaryl/α,β-unsaturated/α-hetero) is 2. The van der Waals surface area contributed by atoms with Gasteiger partial charge in [0.25, 0.3) is 0 Å². The molecule has 0 aromatic heterocycles. The fourth-order valence-corrected chi connectivity index (χ4v) is 3.31. The lowest BCUT2D eigenvalue weighted by molar-refractivity contribution is -0.120. The molecule has 1 aliphatic rings. The van der Waals surface area contributed by atoms with Crippen LogP contribution in [-0.2, 0) is 9.59 Å². The van der Waals surface area contributed by atoms with E-state index in [9.17, 15) is 9.59 Å². The van der Waals surface area contributed by atoms with Gasteiger partial charge >= 0.3 is 0 Å². The summed E-state index contributed by atoms with van der Waals surface area (Å²) in [6.07, 6.45) is 19.9. The molecule has 1 rings (SSSR count). The van der Waals surface area contributed by atoms with Gasteiger partial charge in [-0.15, -0.1) is 0 Å². The molecule has 0 radical (unpaired) electrons. The minimum absolute atomic E-state index is 0.472. The Hall–Kier alpha value is -0.660. The number of ketones is 2. The smallest absolute Gasteiger partial charge is 0.132 e. The Balaban J connectivity index is 2.17. The van der Waals surface area contributed by atoms with Crippen molar-refractivity contribution < 1.29 is 9.59 Å². The molecule has 0 aromatic carbocycles. The molecule has 1 aliphatic carbocycles. The van der Waals surface area contributed by atoms with Gasteiger partial charge in [-0.25, -0.2) is 0 Å². The number of carbonyl (C=O) groups excluding carboxylic acids is 2. The van der Waals surface area contributed by atoms with E-state index in [-0.39, 0.29) is 0 Å².